The minimum Gasteiger partial charge on any atom is -0.393 e. The van der Waals surface area contributed by atoms with Crippen LogP contribution in [0.4, 0.5) is 0 Å². The van der Waals surface area contributed by atoms with Crippen LogP contribution in [0, 0.1) is 0 Å². The number of rotatable bonds is 6. The summed E-state index contributed by atoms with van der Waals surface area (Å²) in [5.74, 6) is 0. The standard InChI is InChI=1S/C14H20O3/c1-3-7-13(16)14(2,11-15)17-10-12-8-5-4-6-9-12/h3-9,13,15-16H,10-11H2,1-2H3/b7-3+/t13-,14+/m0/s1. The summed E-state index contributed by atoms with van der Waals surface area (Å²) in [7, 11) is 0. The SMILES string of the molecule is C/C=C/[C@H](O)[C@@](C)(CO)OCc1ccccc1. The van der Waals surface area contributed by atoms with Crippen molar-refractivity contribution in [2.45, 2.75) is 32.2 Å². The van der Waals surface area contributed by atoms with Gasteiger partial charge in [-0.25, -0.2) is 0 Å². The van der Waals surface area contributed by atoms with E-state index in [1.165, 1.54) is 0 Å². The van der Waals surface area contributed by atoms with Gasteiger partial charge in [-0.1, -0.05) is 42.5 Å². The second-order valence-electron chi connectivity index (χ2n) is 4.22. The van der Waals surface area contributed by atoms with Crippen LogP contribution in [0.25, 0.3) is 0 Å². The van der Waals surface area contributed by atoms with Crippen molar-refractivity contribution < 1.29 is 14.9 Å². The first-order chi connectivity index (χ1) is 8.12. The lowest BCUT2D eigenvalue weighted by atomic mass is 9.99. The van der Waals surface area contributed by atoms with Gasteiger partial charge in [0.1, 0.15) is 11.7 Å². The molecule has 0 aromatic heterocycles. The second-order valence-corrected chi connectivity index (χ2v) is 4.22. The van der Waals surface area contributed by atoms with Crippen molar-refractivity contribution >= 4 is 0 Å². The Morgan fingerprint density at radius 1 is 1.35 bits per heavy atom. The molecule has 1 rings (SSSR count). The molecule has 0 bridgehead atoms. The summed E-state index contributed by atoms with van der Waals surface area (Å²) in [4.78, 5) is 0. The van der Waals surface area contributed by atoms with Crippen molar-refractivity contribution in [2.24, 2.45) is 0 Å². The average molecular weight is 236 g/mol. The summed E-state index contributed by atoms with van der Waals surface area (Å²) >= 11 is 0. The summed E-state index contributed by atoms with van der Waals surface area (Å²) in [6.07, 6.45) is 2.53. The van der Waals surface area contributed by atoms with Crippen molar-refractivity contribution in [2.75, 3.05) is 6.61 Å². The Kier molecular flexibility index (Phi) is 5.35. The Morgan fingerprint density at radius 3 is 2.53 bits per heavy atom. The molecule has 0 radical (unpaired) electrons. The zero-order chi connectivity index (χ0) is 12.7. The Morgan fingerprint density at radius 2 is 2.00 bits per heavy atom. The lowest BCUT2D eigenvalue weighted by Gasteiger charge is -2.31. The fourth-order valence-corrected chi connectivity index (χ4v) is 1.43. The van der Waals surface area contributed by atoms with Crippen molar-refractivity contribution in [3.63, 3.8) is 0 Å². The number of allylic oxidation sites excluding steroid dienone is 1. The van der Waals surface area contributed by atoms with Gasteiger partial charge in [0.25, 0.3) is 0 Å². The van der Waals surface area contributed by atoms with Gasteiger partial charge < -0.3 is 14.9 Å². The number of benzene rings is 1. The van der Waals surface area contributed by atoms with Gasteiger partial charge in [-0.2, -0.15) is 0 Å². The third kappa shape index (κ3) is 3.97. The first kappa shape index (κ1) is 13.9. The van der Waals surface area contributed by atoms with E-state index in [1.54, 1.807) is 19.1 Å². The maximum absolute atomic E-state index is 9.87. The van der Waals surface area contributed by atoms with E-state index in [-0.39, 0.29) is 6.61 Å². The predicted molar refractivity (Wildman–Crippen MR) is 67.5 cm³/mol. The molecule has 0 saturated carbocycles. The van der Waals surface area contributed by atoms with E-state index in [2.05, 4.69) is 0 Å². The summed E-state index contributed by atoms with van der Waals surface area (Å²) in [5.41, 5.74) is 0.0439. The molecule has 0 aliphatic carbocycles. The van der Waals surface area contributed by atoms with Crippen molar-refractivity contribution in [1.82, 2.24) is 0 Å². The zero-order valence-corrected chi connectivity index (χ0v) is 10.3. The van der Waals surface area contributed by atoms with Crippen LogP contribution in [0.1, 0.15) is 19.4 Å². The summed E-state index contributed by atoms with van der Waals surface area (Å²) in [5, 5.41) is 19.2. The Balaban J connectivity index is 2.63. The molecule has 0 aliphatic rings. The molecule has 0 fully saturated rings. The number of aliphatic hydroxyl groups excluding tert-OH is 2. The number of hydrogen-bond donors (Lipinski definition) is 2. The van der Waals surface area contributed by atoms with Crippen LogP contribution in [0.3, 0.4) is 0 Å². The molecular weight excluding hydrogens is 216 g/mol. The molecule has 0 heterocycles. The van der Waals surface area contributed by atoms with E-state index in [0.29, 0.717) is 6.61 Å². The lowest BCUT2D eigenvalue weighted by Crippen LogP contribution is -2.44. The first-order valence-corrected chi connectivity index (χ1v) is 5.72. The van der Waals surface area contributed by atoms with Gasteiger partial charge >= 0.3 is 0 Å². The molecule has 1 aromatic carbocycles. The molecule has 17 heavy (non-hydrogen) atoms. The van der Waals surface area contributed by atoms with Gasteiger partial charge in [-0.3, -0.25) is 0 Å². The van der Waals surface area contributed by atoms with E-state index in [1.807, 2.05) is 37.3 Å². The van der Waals surface area contributed by atoms with Crippen LogP contribution < -0.4 is 0 Å². The van der Waals surface area contributed by atoms with Crippen LogP contribution in [0.15, 0.2) is 42.5 Å². The Bertz CT molecular complexity index is 348. The molecule has 0 amide bonds. The summed E-state index contributed by atoms with van der Waals surface area (Å²) < 4.78 is 5.63. The third-order valence-electron chi connectivity index (χ3n) is 2.73. The van der Waals surface area contributed by atoms with Gasteiger partial charge in [0.05, 0.1) is 13.2 Å². The van der Waals surface area contributed by atoms with Gasteiger partial charge in [0.15, 0.2) is 0 Å². The summed E-state index contributed by atoms with van der Waals surface area (Å²) in [6.45, 7) is 3.65. The average Bonchev–Trinajstić information content (AvgIpc) is 2.37. The van der Waals surface area contributed by atoms with Gasteiger partial charge in [-0.15, -0.1) is 0 Å². The van der Waals surface area contributed by atoms with E-state index >= 15 is 0 Å². The fourth-order valence-electron chi connectivity index (χ4n) is 1.43. The normalized spacial score (nSPS) is 16.9. The van der Waals surface area contributed by atoms with Crippen LogP contribution in [0.5, 0.6) is 0 Å². The number of ether oxygens (including phenoxy) is 1. The van der Waals surface area contributed by atoms with E-state index < -0.39 is 11.7 Å². The number of hydrogen-bond acceptors (Lipinski definition) is 3. The predicted octanol–water partition coefficient (Wildman–Crippen LogP) is 1.89. The van der Waals surface area contributed by atoms with Crippen LogP contribution in [-0.4, -0.2) is 28.5 Å². The second kappa shape index (κ2) is 6.55. The van der Waals surface area contributed by atoms with Gasteiger partial charge in [-0.05, 0) is 19.4 Å². The molecule has 3 nitrogen and oxygen atoms in total. The first-order valence-electron chi connectivity index (χ1n) is 5.72. The Labute approximate surface area is 102 Å². The maximum Gasteiger partial charge on any atom is 0.118 e. The van der Waals surface area contributed by atoms with E-state index in [0.717, 1.165) is 5.56 Å². The molecule has 2 atom stereocenters. The molecule has 1 aromatic rings. The lowest BCUT2D eigenvalue weighted by molar-refractivity contribution is -0.129. The highest BCUT2D eigenvalue weighted by molar-refractivity contribution is 5.13. The fraction of sp³-hybridized carbons (Fsp3) is 0.429. The number of aliphatic hydroxyl groups is 2. The van der Waals surface area contributed by atoms with Crippen LogP contribution in [0.2, 0.25) is 0 Å². The molecular formula is C14H20O3. The summed E-state index contributed by atoms with van der Waals surface area (Å²) in [6, 6.07) is 9.68. The highest BCUT2D eigenvalue weighted by Crippen LogP contribution is 2.18. The zero-order valence-electron chi connectivity index (χ0n) is 10.3. The molecule has 0 spiro atoms. The maximum atomic E-state index is 9.87. The van der Waals surface area contributed by atoms with Crippen molar-refractivity contribution in [3.05, 3.63) is 48.0 Å². The highest BCUT2D eigenvalue weighted by Gasteiger charge is 2.31. The molecule has 0 aliphatic heterocycles. The minimum absolute atomic E-state index is 0.231. The smallest absolute Gasteiger partial charge is 0.118 e. The molecule has 94 valence electrons. The van der Waals surface area contributed by atoms with Crippen molar-refractivity contribution in [1.29, 1.82) is 0 Å². The van der Waals surface area contributed by atoms with Gasteiger partial charge in [0, 0.05) is 0 Å². The third-order valence-corrected chi connectivity index (χ3v) is 2.73. The van der Waals surface area contributed by atoms with Gasteiger partial charge in [0.2, 0.25) is 0 Å². The largest absolute Gasteiger partial charge is 0.393 e. The van der Waals surface area contributed by atoms with E-state index in [4.69, 9.17) is 4.74 Å². The monoisotopic (exact) mass is 236 g/mol. The quantitative estimate of drug-likeness (QED) is 0.742. The van der Waals surface area contributed by atoms with E-state index in [9.17, 15) is 10.2 Å². The molecule has 2 N–H and O–H groups in total. The van der Waals surface area contributed by atoms with Crippen LogP contribution in [-0.2, 0) is 11.3 Å². The molecule has 0 unspecified atom stereocenters. The molecule has 3 heteroatoms. The highest BCUT2D eigenvalue weighted by atomic mass is 16.5. The van der Waals surface area contributed by atoms with Crippen molar-refractivity contribution in [3.8, 4) is 0 Å². The molecule has 0 saturated heterocycles. The van der Waals surface area contributed by atoms with Crippen LogP contribution >= 0.6 is 0 Å². The minimum atomic E-state index is -0.970. The Hall–Kier alpha value is -1.16. The topological polar surface area (TPSA) is 49.7 Å².